The Bertz CT molecular complexity index is 1070. The molecule has 0 spiro atoms. The fourth-order valence-corrected chi connectivity index (χ4v) is 4.19. The van der Waals surface area contributed by atoms with E-state index in [9.17, 15) is 9.90 Å². The van der Waals surface area contributed by atoms with Crippen molar-refractivity contribution in [3.05, 3.63) is 95.0 Å². The molecule has 33 heavy (non-hydrogen) atoms. The van der Waals surface area contributed by atoms with E-state index in [2.05, 4.69) is 22.3 Å². The predicted molar refractivity (Wildman–Crippen MR) is 136 cm³/mol. The van der Waals surface area contributed by atoms with Gasteiger partial charge < -0.3 is 10.4 Å². The highest BCUT2D eigenvalue weighted by Gasteiger charge is 2.18. The number of aliphatic hydroxyl groups is 1. The Morgan fingerprint density at radius 3 is 2.15 bits per heavy atom. The van der Waals surface area contributed by atoms with Gasteiger partial charge in [-0.25, -0.2) is 0 Å². The molecule has 0 aliphatic carbocycles. The Hall–Kier alpha value is -2.92. The molecule has 0 radical (unpaired) electrons. The number of likely N-dealkylation sites (tertiary alicyclic amines) is 1. The fraction of sp³-hybridized carbons (Fsp3) is 0.250. The van der Waals surface area contributed by atoms with E-state index in [4.69, 9.17) is 11.6 Å². The summed E-state index contributed by atoms with van der Waals surface area (Å²) in [6.45, 7) is 3.30. The number of benzene rings is 3. The second-order valence-electron chi connectivity index (χ2n) is 8.55. The first-order chi connectivity index (χ1) is 16.1. The lowest BCUT2D eigenvalue weighted by Gasteiger charge is -2.31. The molecule has 2 N–H and O–H groups in total. The van der Waals surface area contributed by atoms with Crippen molar-refractivity contribution in [1.82, 2.24) is 4.90 Å². The van der Waals surface area contributed by atoms with Crippen LogP contribution < -0.4 is 5.32 Å². The van der Waals surface area contributed by atoms with Gasteiger partial charge in [-0.3, -0.25) is 9.69 Å². The quantitative estimate of drug-likeness (QED) is 0.434. The van der Waals surface area contributed by atoms with Crippen LogP contribution in [-0.4, -0.2) is 35.6 Å². The van der Waals surface area contributed by atoms with Gasteiger partial charge in [-0.1, -0.05) is 60.1 Å². The summed E-state index contributed by atoms with van der Waals surface area (Å²) in [7, 11) is 0. The average molecular weight is 461 g/mol. The molecule has 1 aliphatic rings. The summed E-state index contributed by atoms with van der Waals surface area (Å²) in [5.41, 5.74) is 5.15. The zero-order valence-corrected chi connectivity index (χ0v) is 19.3. The van der Waals surface area contributed by atoms with E-state index in [-0.39, 0.29) is 5.91 Å². The van der Waals surface area contributed by atoms with Gasteiger partial charge in [-0.15, -0.1) is 0 Å². The van der Waals surface area contributed by atoms with Gasteiger partial charge in [0.2, 0.25) is 5.91 Å². The number of aliphatic hydroxyl groups excluding tert-OH is 1. The van der Waals surface area contributed by atoms with Crippen LogP contribution in [0.15, 0.2) is 78.9 Å². The van der Waals surface area contributed by atoms with Crippen LogP contribution in [0.4, 0.5) is 5.69 Å². The number of amides is 1. The second kappa shape index (κ2) is 11.3. The summed E-state index contributed by atoms with van der Waals surface area (Å²) < 4.78 is 0. The predicted octanol–water partition coefficient (Wildman–Crippen LogP) is 5.86. The zero-order valence-electron chi connectivity index (χ0n) is 18.6. The van der Waals surface area contributed by atoms with Crippen LogP contribution in [0.3, 0.4) is 0 Å². The Kier molecular flexibility index (Phi) is 7.95. The molecule has 4 rings (SSSR count). The van der Waals surface area contributed by atoms with Gasteiger partial charge in [0, 0.05) is 29.9 Å². The van der Waals surface area contributed by atoms with Crippen LogP contribution >= 0.6 is 11.6 Å². The lowest BCUT2D eigenvalue weighted by Crippen LogP contribution is -2.34. The van der Waals surface area contributed by atoms with Gasteiger partial charge in [0.05, 0.1) is 0 Å². The van der Waals surface area contributed by atoms with Crippen LogP contribution in [0.2, 0.25) is 5.02 Å². The third-order valence-corrected chi connectivity index (χ3v) is 6.36. The number of nitrogens with one attached hydrogen (secondary N) is 1. The first-order valence-corrected chi connectivity index (χ1v) is 11.7. The minimum Gasteiger partial charge on any atom is -0.396 e. The maximum absolute atomic E-state index is 12.3. The van der Waals surface area contributed by atoms with E-state index in [0.29, 0.717) is 17.5 Å². The van der Waals surface area contributed by atoms with E-state index in [1.165, 1.54) is 5.56 Å². The van der Waals surface area contributed by atoms with Crippen molar-refractivity contribution in [2.24, 2.45) is 5.92 Å². The van der Waals surface area contributed by atoms with E-state index in [0.717, 1.165) is 54.9 Å². The van der Waals surface area contributed by atoms with E-state index < -0.39 is 0 Å². The maximum atomic E-state index is 12.3. The highest BCUT2D eigenvalue weighted by Crippen LogP contribution is 2.23. The van der Waals surface area contributed by atoms with Crippen molar-refractivity contribution in [3.63, 3.8) is 0 Å². The van der Waals surface area contributed by atoms with Crippen LogP contribution in [0, 0.1) is 5.92 Å². The Labute approximate surface area is 200 Å². The SMILES string of the molecule is O=C(C=Cc1ccc(CN2CCC(CO)CC2)cc1)Nc1ccc(-c2ccc(Cl)cc2)cc1. The molecule has 1 heterocycles. The number of carbonyl (C=O) groups is 1. The topological polar surface area (TPSA) is 52.6 Å². The molecule has 3 aromatic rings. The average Bonchev–Trinajstić information content (AvgIpc) is 2.85. The van der Waals surface area contributed by atoms with Gasteiger partial charge in [-0.2, -0.15) is 0 Å². The monoisotopic (exact) mass is 460 g/mol. The van der Waals surface area contributed by atoms with Crippen LogP contribution in [0.1, 0.15) is 24.0 Å². The first kappa shape index (κ1) is 23.2. The highest BCUT2D eigenvalue weighted by atomic mass is 35.5. The van der Waals surface area contributed by atoms with Crippen LogP contribution in [-0.2, 0) is 11.3 Å². The summed E-state index contributed by atoms with van der Waals surface area (Å²) in [5.74, 6) is 0.298. The van der Waals surface area contributed by atoms with Crippen LogP contribution in [0.5, 0.6) is 0 Å². The molecule has 4 nitrogen and oxygen atoms in total. The molecule has 0 saturated carbocycles. The Morgan fingerprint density at radius 2 is 1.55 bits per heavy atom. The maximum Gasteiger partial charge on any atom is 0.248 e. The van der Waals surface area contributed by atoms with Crippen molar-refractivity contribution in [2.75, 3.05) is 25.0 Å². The molecular weight excluding hydrogens is 432 g/mol. The molecule has 5 heteroatoms. The summed E-state index contributed by atoms with van der Waals surface area (Å²) in [5, 5.41) is 12.9. The molecule has 170 valence electrons. The van der Waals surface area contributed by atoms with Gasteiger partial charge in [0.25, 0.3) is 0 Å². The lowest BCUT2D eigenvalue weighted by atomic mass is 9.97. The molecular formula is C28H29ClN2O2. The summed E-state index contributed by atoms with van der Waals surface area (Å²) >= 11 is 5.95. The number of carbonyl (C=O) groups excluding carboxylic acids is 1. The van der Waals surface area contributed by atoms with Crippen molar-refractivity contribution in [2.45, 2.75) is 19.4 Å². The van der Waals surface area contributed by atoms with E-state index in [1.807, 2.05) is 66.7 Å². The minimum absolute atomic E-state index is 0.162. The van der Waals surface area contributed by atoms with E-state index >= 15 is 0 Å². The molecule has 1 aliphatic heterocycles. The molecule has 1 saturated heterocycles. The number of hydrogen-bond acceptors (Lipinski definition) is 3. The minimum atomic E-state index is -0.162. The molecule has 3 aromatic carbocycles. The van der Waals surface area contributed by atoms with Gasteiger partial charge in [-0.05, 0) is 84.4 Å². The third-order valence-electron chi connectivity index (χ3n) is 6.11. The second-order valence-corrected chi connectivity index (χ2v) is 8.99. The number of piperidine rings is 1. The van der Waals surface area contributed by atoms with Crippen molar-refractivity contribution >= 4 is 29.3 Å². The number of rotatable bonds is 7. The number of nitrogens with zero attached hydrogens (tertiary/aromatic N) is 1. The van der Waals surface area contributed by atoms with Gasteiger partial charge >= 0.3 is 0 Å². The third kappa shape index (κ3) is 6.78. The van der Waals surface area contributed by atoms with Crippen molar-refractivity contribution < 1.29 is 9.90 Å². The fourth-order valence-electron chi connectivity index (χ4n) is 4.06. The van der Waals surface area contributed by atoms with Crippen LogP contribution in [0.25, 0.3) is 17.2 Å². The highest BCUT2D eigenvalue weighted by molar-refractivity contribution is 6.30. The van der Waals surface area contributed by atoms with Crippen molar-refractivity contribution in [3.8, 4) is 11.1 Å². The normalized spacial score (nSPS) is 15.1. The number of halogens is 1. The Morgan fingerprint density at radius 1 is 0.939 bits per heavy atom. The largest absolute Gasteiger partial charge is 0.396 e. The number of anilines is 1. The van der Waals surface area contributed by atoms with Gasteiger partial charge in [0.1, 0.15) is 0 Å². The molecule has 1 amide bonds. The molecule has 0 bridgehead atoms. The molecule has 0 aromatic heterocycles. The zero-order chi connectivity index (χ0) is 23.0. The standard InChI is InChI=1S/C28H29ClN2O2/c29-26-10-6-24(7-11-26)25-8-12-27(13-9-25)30-28(33)14-5-21-1-3-22(4-2-21)19-31-17-15-23(20-32)16-18-31/h1-14,23,32H,15-20H2,(H,30,33). The summed E-state index contributed by atoms with van der Waals surface area (Å²) in [6, 6.07) is 23.8. The molecule has 0 unspecified atom stereocenters. The summed E-state index contributed by atoms with van der Waals surface area (Å²) in [4.78, 5) is 14.8. The first-order valence-electron chi connectivity index (χ1n) is 11.4. The molecule has 1 fully saturated rings. The lowest BCUT2D eigenvalue weighted by molar-refractivity contribution is -0.111. The Balaban J connectivity index is 1.27. The van der Waals surface area contributed by atoms with Crippen molar-refractivity contribution in [1.29, 1.82) is 0 Å². The smallest absolute Gasteiger partial charge is 0.248 e. The number of hydrogen-bond donors (Lipinski definition) is 2. The van der Waals surface area contributed by atoms with Gasteiger partial charge in [0.15, 0.2) is 0 Å². The van der Waals surface area contributed by atoms with E-state index in [1.54, 1.807) is 6.08 Å². The summed E-state index contributed by atoms with van der Waals surface area (Å²) in [6.07, 6.45) is 5.52. The molecule has 0 atom stereocenters.